The maximum absolute atomic E-state index is 14.7. The molecule has 2 aliphatic rings. The first-order chi connectivity index (χ1) is 24.6. The largest absolute Gasteiger partial charge is 0.292 e. The molecule has 2 saturated carbocycles. The van der Waals surface area contributed by atoms with E-state index >= 15 is 0 Å². The zero-order valence-electron chi connectivity index (χ0n) is 29.4. The van der Waals surface area contributed by atoms with Gasteiger partial charge in [0.1, 0.15) is 11.3 Å². The van der Waals surface area contributed by atoms with Gasteiger partial charge < -0.3 is 0 Å². The predicted octanol–water partition coefficient (Wildman–Crippen LogP) is 9.67. The van der Waals surface area contributed by atoms with E-state index in [1.165, 1.54) is 51.4 Å². The van der Waals surface area contributed by atoms with Crippen LogP contribution in [-0.4, -0.2) is 19.1 Å². The molecule has 0 N–H and O–H groups in total. The topological polar surface area (TPSA) is 69.8 Å². The maximum atomic E-state index is 14.7. The second-order valence-corrected chi connectivity index (χ2v) is 14.3. The van der Waals surface area contributed by atoms with Gasteiger partial charge in [-0.25, -0.2) is 9.97 Å². The number of benzene rings is 2. The summed E-state index contributed by atoms with van der Waals surface area (Å²) in [5.74, 6) is 2.02. The van der Waals surface area contributed by atoms with Crippen LogP contribution in [0.25, 0.3) is 54.4 Å². The summed E-state index contributed by atoms with van der Waals surface area (Å²) in [5, 5.41) is 6.84. The maximum Gasteiger partial charge on any atom is 0.260 e. The third kappa shape index (κ3) is 5.98. The number of aromatic nitrogens is 4. The highest BCUT2D eigenvalue weighted by Gasteiger charge is 2.29. The summed E-state index contributed by atoms with van der Waals surface area (Å²) in [6.07, 6.45) is 30.0. The normalized spacial score (nSPS) is 16.3. The van der Waals surface area contributed by atoms with Gasteiger partial charge >= 0.3 is 0 Å². The summed E-state index contributed by atoms with van der Waals surface area (Å²) in [4.78, 5) is 39.9. The van der Waals surface area contributed by atoms with E-state index in [0.717, 1.165) is 81.2 Å². The van der Waals surface area contributed by atoms with E-state index in [-0.39, 0.29) is 11.1 Å². The van der Waals surface area contributed by atoms with Gasteiger partial charge in [0.05, 0.1) is 11.4 Å². The predicted molar refractivity (Wildman–Crippen MR) is 206 cm³/mol. The number of hydrogen-bond donors (Lipinski definition) is 0. The quantitative estimate of drug-likeness (QED) is 0.0588. The van der Waals surface area contributed by atoms with E-state index in [1.54, 1.807) is 0 Å². The van der Waals surface area contributed by atoms with Crippen molar-refractivity contribution in [3.05, 3.63) is 120 Å². The van der Waals surface area contributed by atoms with Crippen molar-refractivity contribution in [3.8, 4) is 0 Å². The van der Waals surface area contributed by atoms with E-state index < -0.39 is 0 Å². The van der Waals surface area contributed by atoms with Crippen LogP contribution in [0.1, 0.15) is 102 Å². The standard InChI is InChI=1S/C44H46N4O2/c1-3-5-7-9-11-17-23-47-41-37-31(27-35(45-41)29-19-13-14-20-29)26-34-40-38-32(25-33(39(37)40)43(47)49)28-36(30-21-15-16-22-30)46-42(38)48(44(34)50)24-18-12-10-8-6-4-2/h13-16,19-22,25-28H,3-12,17-18,23-24H2,1-2H3. The van der Waals surface area contributed by atoms with Crippen LogP contribution in [0.5, 0.6) is 0 Å². The lowest BCUT2D eigenvalue weighted by Gasteiger charge is -2.22. The fourth-order valence-electron chi connectivity index (χ4n) is 8.20. The zero-order chi connectivity index (χ0) is 34.2. The average Bonchev–Trinajstić information content (AvgIpc) is 3.88. The Morgan fingerprint density at radius 1 is 0.480 bits per heavy atom. The van der Waals surface area contributed by atoms with Gasteiger partial charge in [-0.2, -0.15) is 0 Å². The molecule has 6 nitrogen and oxygen atoms in total. The highest BCUT2D eigenvalue weighted by molar-refractivity contribution is 6.34. The van der Waals surface area contributed by atoms with Crippen LogP contribution in [0, 0.1) is 63.2 Å². The van der Waals surface area contributed by atoms with Crippen LogP contribution in [0.15, 0.2) is 33.9 Å². The van der Waals surface area contributed by atoms with Gasteiger partial charge in [-0.3, -0.25) is 18.7 Å². The molecule has 4 aromatic heterocycles. The van der Waals surface area contributed by atoms with Crippen molar-refractivity contribution in [3.63, 3.8) is 0 Å². The molecule has 50 heavy (non-hydrogen) atoms. The minimum absolute atomic E-state index is 0.0336. The zero-order valence-corrected chi connectivity index (χ0v) is 29.4. The molecular weight excluding hydrogens is 617 g/mol. The van der Waals surface area contributed by atoms with E-state index in [9.17, 15) is 9.59 Å². The number of unbranched alkanes of at least 4 members (excludes halogenated alkanes) is 10. The molecule has 10 radical (unpaired) electrons. The van der Waals surface area contributed by atoms with Crippen molar-refractivity contribution >= 4 is 54.4 Å². The first kappa shape index (κ1) is 33.6. The van der Waals surface area contributed by atoms with Gasteiger partial charge in [0, 0.05) is 57.2 Å². The van der Waals surface area contributed by atoms with Gasteiger partial charge in [0.2, 0.25) is 0 Å². The monoisotopic (exact) mass is 662 g/mol. The molecule has 8 rings (SSSR count). The molecule has 0 spiro atoms. The second-order valence-electron chi connectivity index (χ2n) is 14.3. The van der Waals surface area contributed by atoms with Crippen LogP contribution in [-0.2, 0) is 13.1 Å². The lowest BCUT2D eigenvalue weighted by Crippen LogP contribution is -2.25. The highest BCUT2D eigenvalue weighted by atomic mass is 16.1. The van der Waals surface area contributed by atoms with Crippen molar-refractivity contribution in [2.45, 2.75) is 104 Å². The minimum Gasteiger partial charge on any atom is -0.292 e. The molecule has 0 atom stereocenters. The molecule has 6 aromatic rings. The molecule has 0 unspecified atom stereocenters. The number of hydrogen-bond acceptors (Lipinski definition) is 4. The Balaban J connectivity index is 1.36. The van der Waals surface area contributed by atoms with Gasteiger partial charge in [-0.05, 0) is 99.2 Å². The molecule has 2 aromatic carbocycles. The van der Waals surface area contributed by atoms with Crippen molar-refractivity contribution in [2.24, 2.45) is 0 Å². The average molecular weight is 663 g/mol. The lowest BCUT2D eigenvalue weighted by atomic mass is 9.89. The molecule has 2 aliphatic carbocycles. The van der Waals surface area contributed by atoms with Gasteiger partial charge in [-0.15, -0.1) is 0 Å². The van der Waals surface area contributed by atoms with E-state index in [2.05, 4.69) is 63.8 Å². The van der Waals surface area contributed by atoms with Crippen molar-refractivity contribution in [1.82, 2.24) is 19.1 Å². The molecule has 254 valence electrons. The number of aryl methyl sites for hydroxylation is 2. The van der Waals surface area contributed by atoms with Crippen molar-refractivity contribution in [1.29, 1.82) is 0 Å². The van der Waals surface area contributed by atoms with Crippen LogP contribution in [0.3, 0.4) is 0 Å². The lowest BCUT2D eigenvalue weighted by molar-refractivity contribution is 0.557. The SMILES string of the molecule is CCCCCCCCn1c(=O)c2cc3cc([C]4[CH][CH][CH][CH]4)nc4c3c3c(cc5cc([C]6[CH][CH][CH][CH]6)nc1c5c23)c(=O)n4CCCCCCCC. The molecule has 0 bridgehead atoms. The summed E-state index contributed by atoms with van der Waals surface area (Å²) in [5.41, 5.74) is 2.99. The Hall–Kier alpha value is -3.54. The summed E-state index contributed by atoms with van der Waals surface area (Å²) < 4.78 is 3.83. The Morgan fingerprint density at radius 2 is 0.860 bits per heavy atom. The molecule has 2 fully saturated rings. The Morgan fingerprint density at radius 3 is 1.26 bits per heavy atom. The van der Waals surface area contributed by atoms with Crippen LogP contribution in [0.2, 0.25) is 0 Å². The number of pyridine rings is 4. The van der Waals surface area contributed by atoms with Crippen molar-refractivity contribution < 1.29 is 0 Å². The third-order valence-electron chi connectivity index (χ3n) is 10.8. The Labute approximate surface area is 296 Å². The third-order valence-corrected chi connectivity index (χ3v) is 10.8. The van der Waals surface area contributed by atoms with E-state index in [4.69, 9.17) is 9.97 Å². The minimum atomic E-state index is -0.0336. The van der Waals surface area contributed by atoms with Crippen LogP contribution < -0.4 is 11.1 Å². The fraction of sp³-hybridized carbons (Fsp3) is 0.364. The fourth-order valence-corrected chi connectivity index (χ4v) is 8.20. The van der Waals surface area contributed by atoms with E-state index in [0.29, 0.717) is 35.2 Å². The Bertz CT molecular complexity index is 2060. The summed E-state index contributed by atoms with van der Waals surface area (Å²) in [6, 6.07) is 8.35. The molecule has 0 saturated heterocycles. The van der Waals surface area contributed by atoms with Gasteiger partial charge in [0.15, 0.2) is 0 Å². The van der Waals surface area contributed by atoms with E-state index in [1.807, 2.05) is 34.8 Å². The molecule has 0 aliphatic heterocycles. The van der Waals surface area contributed by atoms with Crippen molar-refractivity contribution in [2.75, 3.05) is 0 Å². The molecular formula is C44H46N4O2. The molecule has 4 heterocycles. The summed E-state index contributed by atoms with van der Waals surface area (Å²) >= 11 is 0. The van der Waals surface area contributed by atoms with Gasteiger partial charge in [-0.1, -0.05) is 78.1 Å². The van der Waals surface area contributed by atoms with Gasteiger partial charge in [0.25, 0.3) is 11.1 Å². The summed E-state index contributed by atoms with van der Waals surface area (Å²) in [6.45, 7) is 5.70. The first-order valence-electron chi connectivity index (χ1n) is 19.0. The number of rotatable bonds is 16. The molecule has 0 amide bonds. The van der Waals surface area contributed by atoms with Crippen LogP contribution >= 0.6 is 0 Å². The number of nitrogens with zero attached hydrogens (tertiary/aromatic N) is 4. The first-order valence-corrected chi connectivity index (χ1v) is 19.0. The second kappa shape index (κ2) is 14.6. The highest BCUT2D eigenvalue weighted by Crippen LogP contribution is 2.43. The molecule has 6 heteroatoms. The smallest absolute Gasteiger partial charge is 0.260 e. The summed E-state index contributed by atoms with van der Waals surface area (Å²) in [7, 11) is 0. The van der Waals surface area contributed by atoms with Crippen LogP contribution in [0.4, 0.5) is 0 Å². The Kier molecular flexibility index (Phi) is 9.81.